The van der Waals surface area contributed by atoms with Crippen LogP contribution in [-0.2, 0) is 6.42 Å². The second-order valence-corrected chi connectivity index (χ2v) is 5.73. The lowest BCUT2D eigenvalue weighted by Gasteiger charge is -2.32. The van der Waals surface area contributed by atoms with E-state index >= 15 is 0 Å². The quantitative estimate of drug-likeness (QED) is 0.923. The Morgan fingerprint density at radius 2 is 1.95 bits per heavy atom. The van der Waals surface area contributed by atoms with Crippen LogP contribution in [-0.4, -0.2) is 19.6 Å². The Bertz CT molecular complexity index is 554. The van der Waals surface area contributed by atoms with Gasteiger partial charge >= 0.3 is 0 Å². The van der Waals surface area contributed by atoms with Crippen molar-refractivity contribution in [2.45, 2.75) is 6.42 Å². The zero-order valence-corrected chi connectivity index (χ0v) is 12.4. The van der Waals surface area contributed by atoms with Gasteiger partial charge in [-0.3, -0.25) is 0 Å². The predicted octanol–water partition coefficient (Wildman–Crippen LogP) is 3.92. The molecular formula is C16H17BrN2. The van der Waals surface area contributed by atoms with Gasteiger partial charge in [-0.2, -0.15) is 0 Å². The van der Waals surface area contributed by atoms with Gasteiger partial charge in [-0.1, -0.05) is 46.3 Å². The number of fused-ring (bicyclic) bond motifs is 1. The SMILES string of the molecule is Brc1ccc2c(c1)NCCN2CCc1ccccc1. The molecule has 0 spiro atoms. The van der Waals surface area contributed by atoms with Crippen LogP contribution in [0.3, 0.4) is 0 Å². The highest BCUT2D eigenvalue weighted by Crippen LogP contribution is 2.31. The number of halogens is 1. The number of hydrogen-bond donors (Lipinski definition) is 1. The summed E-state index contributed by atoms with van der Waals surface area (Å²) in [6.45, 7) is 3.15. The van der Waals surface area contributed by atoms with Crippen LogP contribution < -0.4 is 10.2 Å². The minimum atomic E-state index is 1.01. The molecule has 2 nitrogen and oxygen atoms in total. The van der Waals surface area contributed by atoms with Gasteiger partial charge in [0.15, 0.2) is 0 Å². The number of rotatable bonds is 3. The van der Waals surface area contributed by atoms with Gasteiger partial charge in [0, 0.05) is 24.1 Å². The van der Waals surface area contributed by atoms with Crippen LogP contribution in [0.1, 0.15) is 5.56 Å². The topological polar surface area (TPSA) is 15.3 Å². The van der Waals surface area contributed by atoms with Gasteiger partial charge in [-0.25, -0.2) is 0 Å². The van der Waals surface area contributed by atoms with E-state index in [-0.39, 0.29) is 0 Å². The molecule has 0 fully saturated rings. The molecule has 0 atom stereocenters. The van der Waals surface area contributed by atoms with E-state index < -0.39 is 0 Å². The van der Waals surface area contributed by atoms with Gasteiger partial charge in [0.1, 0.15) is 0 Å². The van der Waals surface area contributed by atoms with Gasteiger partial charge in [0.05, 0.1) is 11.4 Å². The lowest BCUT2D eigenvalue weighted by molar-refractivity contribution is 0.773. The molecule has 1 N–H and O–H groups in total. The molecule has 1 aliphatic rings. The fourth-order valence-corrected chi connectivity index (χ4v) is 2.87. The molecule has 0 saturated carbocycles. The first-order chi connectivity index (χ1) is 9.33. The third-order valence-electron chi connectivity index (χ3n) is 3.51. The molecule has 0 saturated heterocycles. The van der Waals surface area contributed by atoms with E-state index in [4.69, 9.17) is 0 Å². The zero-order chi connectivity index (χ0) is 13.1. The molecule has 0 unspecified atom stereocenters. The Balaban J connectivity index is 1.73. The van der Waals surface area contributed by atoms with Crippen molar-refractivity contribution in [2.75, 3.05) is 29.9 Å². The highest BCUT2D eigenvalue weighted by Gasteiger charge is 2.15. The van der Waals surface area contributed by atoms with Crippen molar-refractivity contribution in [3.8, 4) is 0 Å². The summed E-state index contributed by atoms with van der Waals surface area (Å²) in [7, 11) is 0. The molecule has 2 aromatic rings. The Labute approximate surface area is 122 Å². The second kappa shape index (κ2) is 5.66. The monoisotopic (exact) mass is 316 g/mol. The lowest BCUT2D eigenvalue weighted by atomic mass is 10.1. The molecule has 0 aliphatic carbocycles. The second-order valence-electron chi connectivity index (χ2n) is 4.81. The van der Waals surface area contributed by atoms with Crippen molar-refractivity contribution < 1.29 is 0 Å². The van der Waals surface area contributed by atoms with Crippen LogP contribution in [0.4, 0.5) is 11.4 Å². The number of anilines is 2. The fourth-order valence-electron chi connectivity index (χ4n) is 2.51. The average Bonchev–Trinajstić information content (AvgIpc) is 2.45. The van der Waals surface area contributed by atoms with E-state index in [0.29, 0.717) is 0 Å². The number of nitrogens with one attached hydrogen (secondary N) is 1. The molecule has 1 heterocycles. The first-order valence-corrected chi connectivity index (χ1v) is 7.44. The number of nitrogens with zero attached hydrogens (tertiary/aromatic N) is 1. The summed E-state index contributed by atoms with van der Waals surface area (Å²) in [5, 5.41) is 3.46. The summed E-state index contributed by atoms with van der Waals surface area (Å²) in [6.07, 6.45) is 1.09. The molecule has 0 bridgehead atoms. The van der Waals surface area contributed by atoms with Gasteiger partial charge in [0.2, 0.25) is 0 Å². The third kappa shape index (κ3) is 2.92. The zero-order valence-electron chi connectivity index (χ0n) is 10.8. The van der Waals surface area contributed by atoms with E-state index in [1.165, 1.54) is 16.9 Å². The molecule has 2 aromatic carbocycles. The standard InChI is InChI=1S/C16H17BrN2/c17-14-6-7-16-15(12-14)18-9-11-19(16)10-8-13-4-2-1-3-5-13/h1-7,12,18H,8-11H2. The van der Waals surface area contributed by atoms with Crippen molar-refractivity contribution in [1.29, 1.82) is 0 Å². The van der Waals surface area contributed by atoms with Gasteiger partial charge in [-0.05, 0) is 30.2 Å². The first kappa shape index (κ1) is 12.5. The maximum Gasteiger partial charge on any atom is 0.0603 e. The molecule has 19 heavy (non-hydrogen) atoms. The molecule has 0 radical (unpaired) electrons. The van der Waals surface area contributed by atoms with Crippen molar-refractivity contribution in [2.24, 2.45) is 0 Å². The van der Waals surface area contributed by atoms with Gasteiger partial charge in [0.25, 0.3) is 0 Å². The Kier molecular flexibility index (Phi) is 3.74. The average molecular weight is 317 g/mol. The fraction of sp³-hybridized carbons (Fsp3) is 0.250. The summed E-state index contributed by atoms with van der Waals surface area (Å²) in [5.74, 6) is 0. The van der Waals surface area contributed by atoms with Gasteiger partial charge < -0.3 is 10.2 Å². The normalized spacial score (nSPS) is 13.8. The van der Waals surface area contributed by atoms with E-state index in [1.54, 1.807) is 0 Å². The minimum Gasteiger partial charge on any atom is -0.382 e. The molecular weight excluding hydrogens is 300 g/mol. The van der Waals surface area contributed by atoms with Crippen LogP contribution in [0.25, 0.3) is 0 Å². The van der Waals surface area contributed by atoms with Crippen LogP contribution in [0.15, 0.2) is 53.0 Å². The van der Waals surface area contributed by atoms with Gasteiger partial charge in [-0.15, -0.1) is 0 Å². The Morgan fingerprint density at radius 1 is 1.11 bits per heavy atom. The van der Waals surface area contributed by atoms with Crippen LogP contribution in [0.2, 0.25) is 0 Å². The lowest BCUT2D eigenvalue weighted by Crippen LogP contribution is -2.35. The molecule has 0 aromatic heterocycles. The molecule has 3 rings (SSSR count). The first-order valence-electron chi connectivity index (χ1n) is 6.65. The molecule has 0 amide bonds. The van der Waals surface area contributed by atoms with Crippen molar-refractivity contribution >= 4 is 27.3 Å². The highest BCUT2D eigenvalue weighted by molar-refractivity contribution is 9.10. The largest absolute Gasteiger partial charge is 0.382 e. The Morgan fingerprint density at radius 3 is 2.79 bits per heavy atom. The summed E-state index contributed by atoms with van der Waals surface area (Å²) in [4.78, 5) is 2.46. The van der Waals surface area contributed by atoms with Crippen LogP contribution in [0, 0.1) is 0 Å². The van der Waals surface area contributed by atoms with E-state index in [2.05, 4.69) is 74.7 Å². The maximum atomic E-state index is 3.53. The molecule has 98 valence electrons. The Hall–Kier alpha value is -1.48. The number of hydrogen-bond acceptors (Lipinski definition) is 2. The molecule has 3 heteroatoms. The van der Waals surface area contributed by atoms with Crippen molar-refractivity contribution in [3.63, 3.8) is 0 Å². The summed E-state index contributed by atoms with van der Waals surface area (Å²) < 4.78 is 1.13. The number of benzene rings is 2. The van der Waals surface area contributed by atoms with Crippen molar-refractivity contribution in [1.82, 2.24) is 0 Å². The maximum absolute atomic E-state index is 3.53. The molecule has 1 aliphatic heterocycles. The summed E-state index contributed by atoms with van der Waals surface area (Å²) in [6, 6.07) is 17.1. The summed E-state index contributed by atoms with van der Waals surface area (Å²) in [5.41, 5.74) is 3.94. The van der Waals surface area contributed by atoms with Crippen LogP contribution in [0.5, 0.6) is 0 Å². The third-order valence-corrected chi connectivity index (χ3v) is 4.00. The van der Waals surface area contributed by atoms with E-state index in [0.717, 1.165) is 30.5 Å². The van der Waals surface area contributed by atoms with Crippen molar-refractivity contribution in [3.05, 3.63) is 58.6 Å². The minimum absolute atomic E-state index is 1.01. The van der Waals surface area contributed by atoms with E-state index in [9.17, 15) is 0 Å². The van der Waals surface area contributed by atoms with Crippen LogP contribution >= 0.6 is 15.9 Å². The predicted molar refractivity (Wildman–Crippen MR) is 85.0 cm³/mol. The summed E-state index contributed by atoms with van der Waals surface area (Å²) >= 11 is 3.53. The smallest absolute Gasteiger partial charge is 0.0603 e. The highest BCUT2D eigenvalue weighted by atomic mass is 79.9. The van der Waals surface area contributed by atoms with E-state index in [1.807, 2.05) is 0 Å².